The molecule has 1 aromatic rings. The molecule has 2 nitrogen and oxygen atoms in total. The van der Waals surface area contributed by atoms with E-state index < -0.39 is 0 Å². The molecule has 16 heavy (non-hydrogen) atoms. The molecule has 1 saturated carbocycles. The summed E-state index contributed by atoms with van der Waals surface area (Å²) < 4.78 is 0. The van der Waals surface area contributed by atoms with Gasteiger partial charge in [0.25, 0.3) is 0 Å². The molecule has 0 bridgehead atoms. The minimum atomic E-state index is -0.0983. The van der Waals surface area contributed by atoms with Crippen LogP contribution in [-0.2, 0) is 4.84 Å². The van der Waals surface area contributed by atoms with Crippen LogP contribution in [0.15, 0.2) is 35.5 Å². The first-order chi connectivity index (χ1) is 7.68. The van der Waals surface area contributed by atoms with Crippen molar-refractivity contribution in [2.75, 3.05) is 0 Å². The van der Waals surface area contributed by atoms with Crippen molar-refractivity contribution in [2.45, 2.75) is 38.2 Å². The average Bonchev–Trinajstić information content (AvgIpc) is 2.82. The molecule has 0 aromatic heterocycles. The first-order valence-electron chi connectivity index (χ1n) is 5.99. The zero-order valence-corrected chi connectivity index (χ0v) is 9.81. The lowest BCUT2D eigenvalue weighted by Crippen LogP contribution is -2.30. The molecule has 0 amide bonds. The number of benzene rings is 1. The summed E-state index contributed by atoms with van der Waals surface area (Å²) >= 11 is 0. The number of hydrogen-bond acceptors (Lipinski definition) is 2. The molecular weight excluding hydrogens is 198 g/mol. The Labute approximate surface area is 96.3 Å². The molecule has 0 spiro atoms. The van der Waals surface area contributed by atoms with Crippen molar-refractivity contribution < 1.29 is 4.84 Å². The second-order valence-corrected chi connectivity index (χ2v) is 5.30. The third kappa shape index (κ3) is 1.36. The van der Waals surface area contributed by atoms with Crippen LogP contribution >= 0.6 is 0 Å². The first kappa shape index (κ1) is 9.88. The molecule has 0 radical (unpaired) electrons. The van der Waals surface area contributed by atoms with Crippen molar-refractivity contribution in [1.82, 2.24) is 0 Å². The van der Waals surface area contributed by atoms with E-state index in [4.69, 9.17) is 4.84 Å². The Morgan fingerprint density at radius 3 is 2.69 bits per heavy atom. The van der Waals surface area contributed by atoms with Crippen molar-refractivity contribution in [1.29, 1.82) is 0 Å². The van der Waals surface area contributed by atoms with Crippen molar-refractivity contribution in [2.24, 2.45) is 11.1 Å². The Hall–Kier alpha value is -1.31. The molecule has 2 heteroatoms. The zero-order valence-electron chi connectivity index (χ0n) is 9.81. The second-order valence-electron chi connectivity index (χ2n) is 5.30. The van der Waals surface area contributed by atoms with E-state index in [9.17, 15) is 0 Å². The predicted molar refractivity (Wildman–Crippen MR) is 64.5 cm³/mol. The highest BCUT2D eigenvalue weighted by molar-refractivity contribution is 5.96. The van der Waals surface area contributed by atoms with Crippen LogP contribution in [0.1, 0.15) is 38.2 Å². The molecule has 1 aliphatic heterocycles. The number of rotatable bonds is 1. The summed E-state index contributed by atoms with van der Waals surface area (Å²) in [4.78, 5) is 5.55. The smallest absolute Gasteiger partial charge is 0.140 e. The van der Waals surface area contributed by atoms with Crippen molar-refractivity contribution in [3.8, 4) is 0 Å². The van der Waals surface area contributed by atoms with Gasteiger partial charge in [-0.25, -0.2) is 0 Å². The fourth-order valence-corrected chi connectivity index (χ4v) is 2.96. The monoisotopic (exact) mass is 215 g/mol. The van der Waals surface area contributed by atoms with Crippen molar-refractivity contribution in [3.63, 3.8) is 0 Å². The van der Waals surface area contributed by atoms with Crippen LogP contribution < -0.4 is 0 Å². The molecule has 3 rings (SSSR count). The topological polar surface area (TPSA) is 21.6 Å². The maximum atomic E-state index is 5.55. The molecule has 2 aliphatic rings. The van der Waals surface area contributed by atoms with Crippen molar-refractivity contribution in [3.05, 3.63) is 35.9 Å². The molecule has 1 aromatic carbocycles. The maximum absolute atomic E-state index is 5.55. The summed E-state index contributed by atoms with van der Waals surface area (Å²) in [6, 6.07) is 10.7. The van der Waals surface area contributed by atoms with Gasteiger partial charge < -0.3 is 4.84 Å². The van der Waals surface area contributed by atoms with Crippen LogP contribution in [0.2, 0.25) is 0 Å². The summed E-state index contributed by atoms with van der Waals surface area (Å²) in [6.07, 6.45) is 2.41. The van der Waals surface area contributed by atoms with Crippen LogP contribution in [0.25, 0.3) is 0 Å². The van der Waals surface area contributed by atoms with Gasteiger partial charge in [-0.1, -0.05) is 35.5 Å². The van der Waals surface area contributed by atoms with E-state index in [2.05, 4.69) is 49.3 Å². The summed E-state index contributed by atoms with van der Waals surface area (Å²) in [7, 11) is 0. The van der Waals surface area contributed by atoms with Gasteiger partial charge in [-0.2, -0.15) is 0 Å². The standard InChI is InChI=1S/C14H17NO/c1-14(2)12-9-8-11(13(12)15-16-14)10-6-4-3-5-7-10/h3-7,11-12H,8-9H2,1-2H3/t11-,12-/m1/s1. The summed E-state index contributed by atoms with van der Waals surface area (Å²) in [5.74, 6) is 0.991. The third-order valence-electron chi connectivity index (χ3n) is 3.89. The van der Waals surface area contributed by atoms with E-state index in [0.29, 0.717) is 11.8 Å². The normalized spacial score (nSPS) is 30.8. The van der Waals surface area contributed by atoms with E-state index in [1.54, 1.807) is 0 Å². The maximum Gasteiger partial charge on any atom is 0.140 e. The molecule has 84 valence electrons. The molecule has 1 fully saturated rings. The first-order valence-corrected chi connectivity index (χ1v) is 5.99. The molecule has 0 saturated heterocycles. The SMILES string of the molecule is CC1(C)ON=C2[C@H]1CC[C@@H]2c1ccccc1. The van der Waals surface area contributed by atoms with Gasteiger partial charge in [-0.05, 0) is 32.3 Å². The fourth-order valence-electron chi connectivity index (χ4n) is 2.96. The lowest BCUT2D eigenvalue weighted by atomic mass is 9.87. The quantitative estimate of drug-likeness (QED) is 0.704. The highest BCUT2D eigenvalue weighted by Gasteiger charge is 2.48. The lowest BCUT2D eigenvalue weighted by Gasteiger charge is -2.21. The van der Waals surface area contributed by atoms with Gasteiger partial charge >= 0.3 is 0 Å². The lowest BCUT2D eigenvalue weighted by molar-refractivity contribution is -0.0158. The Kier molecular flexibility index (Phi) is 2.06. The van der Waals surface area contributed by atoms with Crippen molar-refractivity contribution >= 4 is 5.71 Å². The van der Waals surface area contributed by atoms with Gasteiger partial charge in [-0.3, -0.25) is 0 Å². The number of oxime groups is 1. The van der Waals surface area contributed by atoms with Gasteiger partial charge in [0, 0.05) is 11.8 Å². The van der Waals surface area contributed by atoms with Gasteiger partial charge in [-0.15, -0.1) is 0 Å². The Balaban J connectivity index is 1.92. The third-order valence-corrected chi connectivity index (χ3v) is 3.89. The molecule has 1 heterocycles. The van der Waals surface area contributed by atoms with Crippen LogP contribution in [-0.4, -0.2) is 11.3 Å². The van der Waals surface area contributed by atoms with Crippen LogP contribution in [0.5, 0.6) is 0 Å². The molecule has 0 N–H and O–H groups in total. The van der Waals surface area contributed by atoms with Crippen LogP contribution in [0.3, 0.4) is 0 Å². The van der Waals surface area contributed by atoms with E-state index in [1.165, 1.54) is 24.1 Å². The molecular formula is C14H17NO. The van der Waals surface area contributed by atoms with Gasteiger partial charge in [0.05, 0.1) is 5.71 Å². The number of hydrogen-bond donors (Lipinski definition) is 0. The summed E-state index contributed by atoms with van der Waals surface area (Å²) in [5.41, 5.74) is 2.54. The minimum absolute atomic E-state index is 0.0983. The van der Waals surface area contributed by atoms with E-state index in [-0.39, 0.29) is 5.60 Å². The highest BCUT2D eigenvalue weighted by Crippen LogP contribution is 2.45. The zero-order chi connectivity index (χ0) is 11.2. The predicted octanol–water partition coefficient (Wildman–Crippen LogP) is 3.35. The van der Waals surface area contributed by atoms with Gasteiger partial charge in [0.15, 0.2) is 0 Å². The summed E-state index contributed by atoms with van der Waals surface area (Å²) in [5, 5.41) is 4.32. The van der Waals surface area contributed by atoms with Gasteiger partial charge in [0.1, 0.15) is 5.60 Å². The van der Waals surface area contributed by atoms with Crippen LogP contribution in [0.4, 0.5) is 0 Å². The van der Waals surface area contributed by atoms with E-state index in [1.807, 2.05) is 0 Å². The Morgan fingerprint density at radius 1 is 1.19 bits per heavy atom. The molecule has 1 aliphatic carbocycles. The highest BCUT2D eigenvalue weighted by atomic mass is 16.7. The Morgan fingerprint density at radius 2 is 1.94 bits per heavy atom. The second kappa shape index (κ2) is 3.34. The number of nitrogens with zero attached hydrogens (tertiary/aromatic N) is 1. The fraction of sp³-hybridized carbons (Fsp3) is 0.500. The Bertz CT molecular complexity index is 422. The van der Waals surface area contributed by atoms with Crippen LogP contribution in [0, 0.1) is 5.92 Å². The minimum Gasteiger partial charge on any atom is -0.389 e. The summed E-state index contributed by atoms with van der Waals surface area (Å²) in [6.45, 7) is 4.28. The molecule has 2 atom stereocenters. The van der Waals surface area contributed by atoms with E-state index in [0.717, 1.165) is 0 Å². The van der Waals surface area contributed by atoms with E-state index >= 15 is 0 Å². The van der Waals surface area contributed by atoms with Gasteiger partial charge in [0.2, 0.25) is 0 Å². The molecule has 0 unspecified atom stereocenters. The average molecular weight is 215 g/mol. The number of fused-ring (bicyclic) bond motifs is 1. The largest absolute Gasteiger partial charge is 0.389 e.